The summed E-state index contributed by atoms with van der Waals surface area (Å²) < 4.78 is 0. The second-order valence-corrected chi connectivity index (χ2v) is 4.21. The van der Waals surface area contributed by atoms with Crippen molar-refractivity contribution in [1.29, 1.82) is 5.26 Å². The highest BCUT2D eigenvalue weighted by Crippen LogP contribution is 2.23. The second kappa shape index (κ2) is 5.15. The predicted octanol–water partition coefficient (Wildman–Crippen LogP) is 2.18. The second-order valence-electron chi connectivity index (χ2n) is 3.84. The minimum Gasteiger partial charge on any atom is -0.388 e. The Labute approximate surface area is 99.9 Å². The van der Waals surface area contributed by atoms with E-state index in [1.165, 1.54) is 6.20 Å². The number of aromatic nitrogens is 1. The smallest absolute Gasteiger partial charge is 0.146 e. The molecule has 16 heavy (non-hydrogen) atoms. The molecule has 0 aliphatic carbocycles. The molecule has 2 N–H and O–H groups in total. The molecule has 0 bridgehead atoms. The number of anilines is 1. The molecule has 0 spiro atoms. The third-order valence-electron chi connectivity index (χ3n) is 2.41. The van der Waals surface area contributed by atoms with Crippen LogP contribution < -0.4 is 5.32 Å². The first-order chi connectivity index (χ1) is 7.50. The van der Waals surface area contributed by atoms with Crippen LogP contribution in [0.3, 0.4) is 0 Å². The van der Waals surface area contributed by atoms with Gasteiger partial charge in [-0.15, -0.1) is 0 Å². The molecule has 0 aromatic carbocycles. The van der Waals surface area contributed by atoms with Crippen molar-refractivity contribution in [2.24, 2.45) is 0 Å². The highest BCUT2D eigenvalue weighted by atomic mass is 35.5. The van der Waals surface area contributed by atoms with Crippen molar-refractivity contribution in [2.75, 3.05) is 11.9 Å². The third kappa shape index (κ3) is 3.09. The molecule has 1 aromatic rings. The number of nitrogens with one attached hydrogen (secondary N) is 1. The highest BCUT2D eigenvalue weighted by molar-refractivity contribution is 6.34. The van der Waals surface area contributed by atoms with Crippen LogP contribution in [0.2, 0.25) is 5.02 Å². The van der Waals surface area contributed by atoms with Gasteiger partial charge in [0.2, 0.25) is 0 Å². The molecule has 0 fully saturated rings. The lowest BCUT2D eigenvalue weighted by molar-refractivity contribution is 0.0696. The molecule has 1 atom stereocenters. The lowest BCUT2D eigenvalue weighted by atomic mass is 10.0. The van der Waals surface area contributed by atoms with Gasteiger partial charge in [0.05, 0.1) is 11.2 Å². The summed E-state index contributed by atoms with van der Waals surface area (Å²) in [6.45, 7) is 3.95. The zero-order valence-electron chi connectivity index (χ0n) is 9.29. The normalized spacial score (nSPS) is 13.9. The first-order valence-electron chi connectivity index (χ1n) is 5.01. The minimum absolute atomic E-state index is 0.289. The molecule has 0 amide bonds. The quantitative estimate of drug-likeness (QED) is 0.845. The molecule has 0 aliphatic rings. The van der Waals surface area contributed by atoms with E-state index < -0.39 is 5.60 Å². The maximum Gasteiger partial charge on any atom is 0.146 e. The maximum atomic E-state index is 9.80. The van der Waals surface area contributed by atoms with Crippen molar-refractivity contribution in [3.05, 3.63) is 22.8 Å². The van der Waals surface area contributed by atoms with Gasteiger partial charge < -0.3 is 10.4 Å². The Morgan fingerprint density at radius 1 is 1.69 bits per heavy atom. The molecule has 5 heteroatoms. The van der Waals surface area contributed by atoms with E-state index in [0.717, 1.165) is 0 Å². The molecule has 0 radical (unpaired) electrons. The van der Waals surface area contributed by atoms with Crippen LogP contribution in [0.25, 0.3) is 0 Å². The zero-order valence-corrected chi connectivity index (χ0v) is 10.0. The fraction of sp³-hybridized carbons (Fsp3) is 0.455. The number of hydrogen-bond acceptors (Lipinski definition) is 4. The average molecular weight is 240 g/mol. The van der Waals surface area contributed by atoms with Gasteiger partial charge in [-0.05, 0) is 19.4 Å². The fourth-order valence-corrected chi connectivity index (χ4v) is 1.27. The van der Waals surface area contributed by atoms with Crippen molar-refractivity contribution in [3.8, 4) is 6.07 Å². The Bertz CT molecular complexity index is 412. The van der Waals surface area contributed by atoms with Gasteiger partial charge in [0, 0.05) is 12.7 Å². The van der Waals surface area contributed by atoms with E-state index >= 15 is 0 Å². The van der Waals surface area contributed by atoms with Crippen LogP contribution in [0.15, 0.2) is 12.3 Å². The molecule has 0 aliphatic heterocycles. The molecular formula is C11H14ClN3O. The summed E-state index contributed by atoms with van der Waals surface area (Å²) in [6, 6.07) is 3.52. The topological polar surface area (TPSA) is 68.9 Å². The lowest BCUT2D eigenvalue weighted by Crippen LogP contribution is -2.32. The predicted molar refractivity (Wildman–Crippen MR) is 63.4 cm³/mol. The summed E-state index contributed by atoms with van der Waals surface area (Å²) in [5, 5.41) is 21.8. The van der Waals surface area contributed by atoms with E-state index in [1.54, 1.807) is 13.0 Å². The van der Waals surface area contributed by atoms with E-state index in [9.17, 15) is 5.11 Å². The number of pyridine rings is 1. The van der Waals surface area contributed by atoms with Gasteiger partial charge in [-0.1, -0.05) is 18.5 Å². The standard InChI is InChI=1S/C11H14ClN3O/c1-3-11(2,16)7-15-10-9(12)8(6-13)4-5-14-10/h4-5,16H,3,7H2,1-2H3,(H,14,15). The van der Waals surface area contributed by atoms with Crippen molar-refractivity contribution in [1.82, 2.24) is 4.98 Å². The van der Waals surface area contributed by atoms with E-state index in [2.05, 4.69) is 10.3 Å². The Kier molecular flexibility index (Phi) is 4.11. The van der Waals surface area contributed by atoms with Gasteiger partial charge in [-0.3, -0.25) is 0 Å². The summed E-state index contributed by atoms with van der Waals surface area (Å²) in [4.78, 5) is 4.02. The fourth-order valence-electron chi connectivity index (χ4n) is 1.05. The first-order valence-corrected chi connectivity index (χ1v) is 5.39. The van der Waals surface area contributed by atoms with Crippen LogP contribution >= 0.6 is 11.6 Å². The summed E-state index contributed by atoms with van der Waals surface area (Å²) in [7, 11) is 0. The number of rotatable bonds is 4. The zero-order chi connectivity index (χ0) is 12.2. The summed E-state index contributed by atoms with van der Waals surface area (Å²) in [5.41, 5.74) is -0.441. The van der Waals surface area contributed by atoms with Gasteiger partial charge >= 0.3 is 0 Å². The third-order valence-corrected chi connectivity index (χ3v) is 2.79. The monoisotopic (exact) mass is 239 g/mol. The van der Waals surface area contributed by atoms with Crippen molar-refractivity contribution >= 4 is 17.4 Å². The summed E-state index contributed by atoms with van der Waals surface area (Å²) in [6.07, 6.45) is 2.13. The number of aliphatic hydroxyl groups is 1. The Morgan fingerprint density at radius 3 is 2.94 bits per heavy atom. The highest BCUT2D eigenvalue weighted by Gasteiger charge is 2.18. The van der Waals surface area contributed by atoms with Crippen LogP contribution in [0.4, 0.5) is 5.82 Å². The Morgan fingerprint density at radius 2 is 2.38 bits per heavy atom. The molecule has 1 aromatic heterocycles. The summed E-state index contributed by atoms with van der Waals surface area (Å²) >= 11 is 5.95. The van der Waals surface area contributed by atoms with Crippen LogP contribution in [-0.2, 0) is 0 Å². The van der Waals surface area contributed by atoms with Gasteiger partial charge in [0.1, 0.15) is 16.9 Å². The van der Waals surface area contributed by atoms with E-state index in [-0.39, 0.29) is 5.02 Å². The molecule has 1 heterocycles. The summed E-state index contributed by atoms with van der Waals surface area (Å²) in [5.74, 6) is 0.425. The van der Waals surface area contributed by atoms with Gasteiger partial charge in [-0.2, -0.15) is 5.26 Å². The molecule has 86 valence electrons. The van der Waals surface area contributed by atoms with Gasteiger partial charge in [0.15, 0.2) is 0 Å². The Hall–Kier alpha value is -1.31. The van der Waals surface area contributed by atoms with Crippen molar-refractivity contribution in [3.63, 3.8) is 0 Å². The van der Waals surface area contributed by atoms with Crippen molar-refractivity contribution in [2.45, 2.75) is 25.9 Å². The van der Waals surface area contributed by atoms with Crippen LogP contribution in [0.5, 0.6) is 0 Å². The SMILES string of the molecule is CCC(C)(O)CNc1nccc(C#N)c1Cl. The van der Waals surface area contributed by atoms with E-state index in [1.807, 2.05) is 13.0 Å². The van der Waals surface area contributed by atoms with E-state index in [0.29, 0.717) is 24.3 Å². The lowest BCUT2D eigenvalue weighted by Gasteiger charge is -2.22. The minimum atomic E-state index is -0.812. The average Bonchev–Trinajstić information content (AvgIpc) is 2.28. The van der Waals surface area contributed by atoms with E-state index in [4.69, 9.17) is 16.9 Å². The van der Waals surface area contributed by atoms with Crippen LogP contribution in [0.1, 0.15) is 25.8 Å². The van der Waals surface area contributed by atoms with Crippen LogP contribution in [0, 0.1) is 11.3 Å². The molecule has 1 rings (SSSR count). The van der Waals surface area contributed by atoms with Gasteiger partial charge in [0.25, 0.3) is 0 Å². The number of nitrogens with zero attached hydrogens (tertiary/aromatic N) is 2. The number of nitriles is 1. The largest absolute Gasteiger partial charge is 0.388 e. The number of hydrogen-bond donors (Lipinski definition) is 2. The first kappa shape index (κ1) is 12.8. The Balaban J connectivity index is 2.80. The molecule has 0 saturated heterocycles. The van der Waals surface area contributed by atoms with Crippen LogP contribution in [-0.4, -0.2) is 22.2 Å². The maximum absolute atomic E-state index is 9.80. The molecular weight excluding hydrogens is 226 g/mol. The van der Waals surface area contributed by atoms with Crippen molar-refractivity contribution < 1.29 is 5.11 Å². The molecule has 0 saturated carbocycles. The van der Waals surface area contributed by atoms with Gasteiger partial charge in [-0.25, -0.2) is 4.98 Å². The molecule has 1 unspecified atom stereocenters. The number of halogens is 1. The molecule has 4 nitrogen and oxygen atoms in total.